The van der Waals surface area contributed by atoms with Crippen molar-refractivity contribution in [3.63, 3.8) is 0 Å². The van der Waals surface area contributed by atoms with E-state index in [1.807, 2.05) is 38.1 Å². The number of pyridine rings is 1. The van der Waals surface area contributed by atoms with E-state index < -0.39 is 23.5 Å². The molecule has 172 valence electrons. The highest BCUT2D eigenvalue weighted by Crippen LogP contribution is 2.40. The van der Waals surface area contributed by atoms with Gasteiger partial charge >= 0.3 is 0 Å². The zero-order valence-electron chi connectivity index (χ0n) is 19.2. The lowest BCUT2D eigenvalue weighted by Crippen LogP contribution is -2.32. The Morgan fingerprint density at radius 1 is 1.15 bits per heavy atom. The summed E-state index contributed by atoms with van der Waals surface area (Å²) >= 11 is 0. The average molecular weight is 451 g/mol. The lowest BCUT2D eigenvalue weighted by Gasteiger charge is -2.26. The van der Waals surface area contributed by atoms with Crippen LogP contribution in [-0.4, -0.2) is 63.2 Å². The summed E-state index contributed by atoms with van der Waals surface area (Å²) in [5.41, 5.74) is 3.03. The van der Waals surface area contributed by atoms with Crippen LogP contribution in [0.3, 0.4) is 0 Å². The average Bonchev–Trinajstić information content (AvgIpc) is 3.23. The number of amides is 1. The maximum atomic E-state index is 13.6. The van der Waals surface area contributed by atoms with Crippen LogP contribution in [-0.2, 0) is 9.59 Å². The van der Waals surface area contributed by atoms with Crippen LogP contribution < -0.4 is 0 Å². The van der Waals surface area contributed by atoms with Crippen molar-refractivity contribution in [2.45, 2.75) is 26.3 Å². The number of Topliss-reactive ketones (excluding diaryl/α,β-unsaturated/α-hetero) is 1. The topological polar surface area (TPSA) is 78.1 Å². The maximum Gasteiger partial charge on any atom is 0.295 e. The van der Waals surface area contributed by atoms with E-state index in [9.17, 15) is 19.1 Å². The number of likely N-dealkylation sites (tertiary alicyclic amines) is 1. The Labute approximate surface area is 191 Å². The molecule has 1 aliphatic heterocycles. The molecule has 0 aliphatic carbocycles. The number of rotatable bonds is 6. The van der Waals surface area contributed by atoms with E-state index >= 15 is 0 Å². The summed E-state index contributed by atoms with van der Waals surface area (Å²) in [7, 11) is 3.86. The summed E-state index contributed by atoms with van der Waals surface area (Å²) < 4.78 is 15.4. The second kappa shape index (κ2) is 8.78. The molecular weight excluding hydrogens is 423 g/mol. The molecule has 8 heteroatoms. The quantitative estimate of drug-likeness (QED) is 0.354. The molecule has 4 rings (SSSR count). The molecule has 7 nitrogen and oxygen atoms in total. The smallest absolute Gasteiger partial charge is 0.295 e. The summed E-state index contributed by atoms with van der Waals surface area (Å²) in [6, 6.07) is 8.59. The number of imidazole rings is 1. The zero-order chi connectivity index (χ0) is 23.9. The van der Waals surface area contributed by atoms with Gasteiger partial charge in [0.05, 0.1) is 17.3 Å². The number of hydrogen-bond donors (Lipinski definition) is 1. The van der Waals surface area contributed by atoms with Crippen LogP contribution in [0.4, 0.5) is 4.39 Å². The fourth-order valence-corrected chi connectivity index (χ4v) is 4.39. The predicted octanol–water partition coefficient (Wildman–Crippen LogP) is 3.46. The Bertz CT molecular complexity index is 1260. The molecular formula is C25H27FN4O3. The van der Waals surface area contributed by atoms with Crippen LogP contribution >= 0.6 is 0 Å². The van der Waals surface area contributed by atoms with Crippen molar-refractivity contribution in [1.82, 2.24) is 19.2 Å². The molecule has 0 saturated carbocycles. The second-order valence-electron chi connectivity index (χ2n) is 8.63. The molecule has 1 unspecified atom stereocenters. The first-order valence-electron chi connectivity index (χ1n) is 10.8. The van der Waals surface area contributed by atoms with Crippen LogP contribution in [0, 0.1) is 19.7 Å². The minimum absolute atomic E-state index is 0.0112. The molecule has 1 aromatic carbocycles. The van der Waals surface area contributed by atoms with Gasteiger partial charge < -0.3 is 14.9 Å². The number of ketones is 1. The van der Waals surface area contributed by atoms with Gasteiger partial charge in [-0.1, -0.05) is 18.2 Å². The third-order valence-corrected chi connectivity index (χ3v) is 5.97. The van der Waals surface area contributed by atoms with Gasteiger partial charge in [-0.25, -0.2) is 9.37 Å². The van der Waals surface area contributed by atoms with Crippen molar-refractivity contribution < 1.29 is 19.1 Å². The summed E-state index contributed by atoms with van der Waals surface area (Å²) in [5, 5.41) is 11.4. The van der Waals surface area contributed by atoms with Gasteiger partial charge in [0.2, 0.25) is 0 Å². The Hall–Kier alpha value is -3.52. The molecule has 33 heavy (non-hydrogen) atoms. The number of halogens is 1. The number of aryl methyl sites for hydroxylation is 2. The number of carbonyl (C=O) groups is 2. The first kappa shape index (κ1) is 22.7. The first-order chi connectivity index (χ1) is 15.7. The minimum atomic E-state index is -0.817. The number of carbonyl (C=O) groups excluding carboxylic acids is 2. The summed E-state index contributed by atoms with van der Waals surface area (Å²) in [4.78, 5) is 34.2. The van der Waals surface area contributed by atoms with E-state index in [2.05, 4.69) is 4.98 Å². The largest absolute Gasteiger partial charge is 0.505 e. The Kier molecular flexibility index (Phi) is 6.03. The number of aromatic nitrogens is 2. The van der Waals surface area contributed by atoms with E-state index in [1.54, 1.807) is 29.7 Å². The van der Waals surface area contributed by atoms with Gasteiger partial charge in [0.1, 0.15) is 17.2 Å². The van der Waals surface area contributed by atoms with Gasteiger partial charge in [-0.15, -0.1) is 0 Å². The van der Waals surface area contributed by atoms with Crippen LogP contribution in [0.2, 0.25) is 0 Å². The molecule has 2 aromatic heterocycles. The predicted molar refractivity (Wildman–Crippen MR) is 123 cm³/mol. The second-order valence-corrected chi connectivity index (χ2v) is 8.63. The molecule has 3 heterocycles. The first-order valence-corrected chi connectivity index (χ1v) is 10.8. The van der Waals surface area contributed by atoms with Crippen molar-refractivity contribution >= 4 is 23.1 Å². The van der Waals surface area contributed by atoms with Crippen molar-refractivity contribution in [3.8, 4) is 0 Å². The summed E-state index contributed by atoms with van der Waals surface area (Å²) in [6.45, 7) is 4.72. The van der Waals surface area contributed by atoms with E-state index in [4.69, 9.17) is 0 Å². The van der Waals surface area contributed by atoms with Crippen molar-refractivity contribution in [3.05, 3.63) is 76.5 Å². The van der Waals surface area contributed by atoms with Crippen molar-refractivity contribution in [2.24, 2.45) is 0 Å². The highest BCUT2D eigenvalue weighted by molar-refractivity contribution is 6.46. The normalized spacial score (nSPS) is 18.1. The Morgan fingerprint density at radius 3 is 2.52 bits per heavy atom. The molecule has 1 N–H and O–H groups in total. The molecule has 1 saturated heterocycles. The fraction of sp³-hybridized carbons (Fsp3) is 0.320. The van der Waals surface area contributed by atoms with Crippen LogP contribution in [0.25, 0.3) is 11.4 Å². The van der Waals surface area contributed by atoms with E-state index in [0.29, 0.717) is 35.6 Å². The van der Waals surface area contributed by atoms with Crippen molar-refractivity contribution in [2.75, 3.05) is 27.2 Å². The highest BCUT2D eigenvalue weighted by Gasteiger charge is 2.46. The van der Waals surface area contributed by atoms with Crippen LogP contribution in [0.5, 0.6) is 0 Å². The highest BCUT2D eigenvalue weighted by atomic mass is 19.1. The molecule has 0 radical (unpaired) electrons. The third kappa shape index (κ3) is 4.02. The lowest BCUT2D eigenvalue weighted by molar-refractivity contribution is -0.139. The number of nitrogens with zero attached hydrogens (tertiary/aromatic N) is 4. The molecule has 0 spiro atoms. The van der Waals surface area contributed by atoms with Gasteiger partial charge in [-0.3, -0.25) is 14.0 Å². The molecule has 1 aliphatic rings. The molecule has 1 atom stereocenters. The molecule has 1 amide bonds. The van der Waals surface area contributed by atoms with E-state index in [0.717, 1.165) is 12.1 Å². The molecule has 3 aromatic rings. The van der Waals surface area contributed by atoms with Crippen LogP contribution in [0.15, 0.2) is 48.2 Å². The fourth-order valence-electron chi connectivity index (χ4n) is 4.39. The van der Waals surface area contributed by atoms with Gasteiger partial charge in [-0.2, -0.15) is 0 Å². The van der Waals surface area contributed by atoms with E-state index in [1.165, 1.54) is 17.0 Å². The van der Waals surface area contributed by atoms with Crippen LogP contribution in [0.1, 0.15) is 35.0 Å². The van der Waals surface area contributed by atoms with Crippen molar-refractivity contribution in [1.29, 1.82) is 0 Å². The SMILES string of the molecule is Cc1nc2c(C)cccn2c1C(O)=C1C(=O)C(=O)N(CCCN(C)C)C1c1ccc(F)cc1. The van der Waals surface area contributed by atoms with Gasteiger partial charge in [-0.05, 0) is 70.2 Å². The Balaban J connectivity index is 1.89. The van der Waals surface area contributed by atoms with E-state index in [-0.39, 0.29) is 11.3 Å². The van der Waals surface area contributed by atoms with Gasteiger partial charge in [0, 0.05) is 12.7 Å². The maximum absolute atomic E-state index is 13.6. The number of benzene rings is 1. The number of aliphatic hydroxyl groups is 1. The standard InChI is InChI=1S/C25H27FN4O3/c1-15-7-5-13-29-20(16(2)27-24(15)29)22(31)19-21(17-8-10-18(26)11-9-17)30(25(33)23(19)32)14-6-12-28(3)4/h5,7-11,13,21,31H,6,12,14H2,1-4H3. The minimum Gasteiger partial charge on any atom is -0.505 e. The summed E-state index contributed by atoms with van der Waals surface area (Å²) in [6.07, 6.45) is 2.41. The molecule has 1 fully saturated rings. The number of fused-ring (bicyclic) bond motifs is 1. The van der Waals surface area contributed by atoms with Gasteiger partial charge in [0.15, 0.2) is 5.76 Å². The third-order valence-electron chi connectivity index (χ3n) is 5.97. The number of aliphatic hydroxyl groups excluding tert-OH is 1. The molecule has 0 bridgehead atoms. The Morgan fingerprint density at radius 2 is 1.85 bits per heavy atom. The zero-order valence-corrected chi connectivity index (χ0v) is 19.2. The van der Waals surface area contributed by atoms with Gasteiger partial charge in [0.25, 0.3) is 11.7 Å². The number of hydrogen-bond acceptors (Lipinski definition) is 5. The monoisotopic (exact) mass is 450 g/mol. The lowest BCUT2D eigenvalue weighted by atomic mass is 9.96. The summed E-state index contributed by atoms with van der Waals surface area (Å²) in [5.74, 6) is -2.13.